The summed E-state index contributed by atoms with van der Waals surface area (Å²) in [6, 6.07) is 19.3. The van der Waals surface area contributed by atoms with Crippen molar-refractivity contribution in [2.75, 3.05) is 31.4 Å². The van der Waals surface area contributed by atoms with Crippen LogP contribution >= 0.6 is 0 Å². The van der Waals surface area contributed by atoms with Crippen LogP contribution in [0.4, 0.5) is 17.1 Å². The number of nitrogen functional groups attached to an aromatic ring is 1. The van der Waals surface area contributed by atoms with Gasteiger partial charge in [0.05, 0.1) is 49.9 Å². The molecule has 0 fully saturated rings. The van der Waals surface area contributed by atoms with Crippen molar-refractivity contribution in [1.82, 2.24) is 19.7 Å². The number of rotatable bonds is 6. The van der Waals surface area contributed by atoms with E-state index in [9.17, 15) is 0 Å². The van der Waals surface area contributed by atoms with Gasteiger partial charge < -0.3 is 20.1 Å². The predicted molar refractivity (Wildman–Crippen MR) is 146 cm³/mol. The van der Waals surface area contributed by atoms with Crippen LogP contribution in [-0.4, -0.2) is 40.5 Å². The number of aryl methyl sites for hydroxylation is 1. The highest BCUT2D eigenvalue weighted by atomic mass is 16.5. The summed E-state index contributed by atoms with van der Waals surface area (Å²) in [4.78, 5) is 11.6. The average molecular weight is 491 g/mol. The second-order valence-corrected chi connectivity index (χ2v) is 8.42. The van der Waals surface area contributed by atoms with E-state index in [4.69, 9.17) is 20.2 Å². The van der Waals surface area contributed by atoms with E-state index in [1.54, 1.807) is 31.3 Å². The molecule has 5 rings (SSSR count). The van der Waals surface area contributed by atoms with Gasteiger partial charge in [-0.25, -0.2) is 4.98 Å². The first kappa shape index (κ1) is 23.7. The second-order valence-electron chi connectivity index (χ2n) is 8.42. The van der Waals surface area contributed by atoms with E-state index in [0.29, 0.717) is 23.7 Å². The fourth-order valence-electron chi connectivity index (χ4n) is 3.98. The van der Waals surface area contributed by atoms with E-state index in [0.717, 1.165) is 39.2 Å². The molecule has 8 heteroatoms. The standard InChI is InChI=1S/C29H26N6O2/c1-34-19-21(17-32-34)29-18-31-27-10-9-23(15-28(27)33-29)35(11-5-7-20-6-4-8-22(30)12-20)24-13-25(36-2)16-26(14-24)37-3/h4,6,8-10,12-19H,11,30H2,1-3H3. The number of methoxy groups -OCH3 is 2. The maximum Gasteiger partial charge on any atom is 0.124 e. The minimum Gasteiger partial charge on any atom is -0.497 e. The Morgan fingerprint density at radius 2 is 1.73 bits per heavy atom. The number of benzene rings is 3. The molecule has 0 amide bonds. The lowest BCUT2D eigenvalue weighted by Crippen LogP contribution is -2.17. The molecule has 184 valence electrons. The van der Waals surface area contributed by atoms with Gasteiger partial charge in [0.1, 0.15) is 11.5 Å². The number of aromatic nitrogens is 4. The Labute approximate surface area is 215 Å². The molecule has 0 bridgehead atoms. The molecule has 0 saturated heterocycles. The third-order valence-electron chi connectivity index (χ3n) is 5.84. The molecule has 0 radical (unpaired) electrons. The molecular weight excluding hydrogens is 464 g/mol. The first-order chi connectivity index (χ1) is 18.0. The highest BCUT2D eigenvalue weighted by molar-refractivity contribution is 5.83. The molecule has 0 atom stereocenters. The summed E-state index contributed by atoms with van der Waals surface area (Å²) in [5.41, 5.74) is 12.5. The summed E-state index contributed by atoms with van der Waals surface area (Å²) in [6.45, 7) is 0.409. The van der Waals surface area contributed by atoms with E-state index >= 15 is 0 Å². The van der Waals surface area contributed by atoms with Gasteiger partial charge in [-0.05, 0) is 36.4 Å². The molecule has 0 unspecified atom stereocenters. The predicted octanol–water partition coefficient (Wildman–Crippen LogP) is 4.82. The van der Waals surface area contributed by atoms with Crippen LogP contribution < -0.4 is 20.1 Å². The first-order valence-electron chi connectivity index (χ1n) is 11.6. The molecule has 0 aliphatic rings. The Balaban J connectivity index is 1.58. The fraction of sp³-hybridized carbons (Fsp3) is 0.138. The van der Waals surface area contributed by atoms with Gasteiger partial charge in [-0.15, -0.1) is 0 Å². The number of ether oxygens (including phenoxy) is 2. The van der Waals surface area contributed by atoms with Crippen molar-refractivity contribution in [2.24, 2.45) is 7.05 Å². The van der Waals surface area contributed by atoms with Crippen molar-refractivity contribution in [3.8, 4) is 34.6 Å². The van der Waals surface area contributed by atoms with Crippen LogP contribution in [0.1, 0.15) is 5.56 Å². The summed E-state index contributed by atoms with van der Waals surface area (Å²) in [7, 11) is 5.14. The van der Waals surface area contributed by atoms with Crippen LogP contribution in [0.5, 0.6) is 11.5 Å². The third kappa shape index (κ3) is 5.31. The Morgan fingerprint density at radius 1 is 0.919 bits per heavy atom. The van der Waals surface area contributed by atoms with Crippen molar-refractivity contribution in [3.63, 3.8) is 0 Å². The van der Waals surface area contributed by atoms with Gasteiger partial charge in [0.2, 0.25) is 0 Å². The zero-order chi connectivity index (χ0) is 25.8. The van der Waals surface area contributed by atoms with E-state index in [2.05, 4.69) is 26.8 Å². The van der Waals surface area contributed by atoms with Gasteiger partial charge in [0.25, 0.3) is 0 Å². The largest absolute Gasteiger partial charge is 0.497 e. The van der Waals surface area contributed by atoms with Crippen LogP contribution in [0, 0.1) is 11.8 Å². The number of nitrogens with two attached hydrogens (primary N) is 1. The van der Waals surface area contributed by atoms with E-state index in [1.165, 1.54) is 0 Å². The lowest BCUT2D eigenvalue weighted by molar-refractivity contribution is 0.394. The lowest BCUT2D eigenvalue weighted by atomic mass is 10.1. The zero-order valence-corrected chi connectivity index (χ0v) is 20.8. The maximum absolute atomic E-state index is 5.92. The Bertz CT molecular complexity index is 1610. The van der Waals surface area contributed by atoms with Gasteiger partial charge in [-0.3, -0.25) is 9.67 Å². The third-order valence-corrected chi connectivity index (χ3v) is 5.84. The molecule has 0 saturated carbocycles. The normalized spacial score (nSPS) is 10.6. The average Bonchev–Trinajstić information content (AvgIpc) is 3.36. The van der Waals surface area contributed by atoms with Gasteiger partial charge in [-0.1, -0.05) is 17.9 Å². The number of hydrogen-bond acceptors (Lipinski definition) is 7. The van der Waals surface area contributed by atoms with Crippen molar-refractivity contribution < 1.29 is 9.47 Å². The summed E-state index contributed by atoms with van der Waals surface area (Å²) in [5, 5.41) is 4.25. The van der Waals surface area contributed by atoms with E-state index in [-0.39, 0.29) is 0 Å². The minimum absolute atomic E-state index is 0.409. The fourth-order valence-corrected chi connectivity index (χ4v) is 3.98. The molecule has 5 aromatic rings. The molecular formula is C29H26N6O2. The summed E-state index contributed by atoms with van der Waals surface area (Å²) >= 11 is 0. The molecule has 0 aliphatic heterocycles. The molecule has 0 spiro atoms. The van der Waals surface area contributed by atoms with Crippen molar-refractivity contribution in [3.05, 3.63) is 84.8 Å². The Kier molecular flexibility index (Phi) is 6.60. The molecule has 0 aliphatic carbocycles. The minimum atomic E-state index is 0.409. The van der Waals surface area contributed by atoms with Crippen molar-refractivity contribution in [2.45, 2.75) is 0 Å². The quantitative estimate of drug-likeness (QED) is 0.270. The SMILES string of the molecule is COc1cc(OC)cc(N(CC#Cc2cccc(N)c2)c2ccc3ncc(-c4cnn(C)c4)nc3c2)c1. The first-order valence-corrected chi connectivity index (χ1v) is 11.6. The van der Waals surface area contributed by atoms with Gasteiger partial charge in [0, 0.05) is 59.6 Å². The summed E-state index contributed by atoms with van der Waals surface area (Å²) in [6.07, 6.45) is 5.46. The Morgan fingerprint density at radius 3 is 2.43 bits per heavy atom. The molecule has 37 heavy (non-hydrogen) atoms. The van der Waals surface area contributed by atoms with Gasteiger partial charge >= 0.3 is 0 Å². The number of fused-ring (bicyclic) bond motifs is 1. The monoisotopic (exact) mass is 490 g/mol. The molecule has 2 heterocycles. The molecule has 8 nitrogen and oxygen atoms in total. The second kappa shape index (κ2) is 10.3. The van der Waals surface area contributed by atoms with Crippen LogP contribution in [0.3, 0.4) is 0 Å². The highest BCUT2D eigenvalue weighted by Crippen LogP contribution is 2.34. The van der Waals surface area contributed by atoms with Gasteiger partial charge in [-0.2, -0.15) is 5.10 Å². The van der Waals surface area contributed by atoms with E-state index in [1.807, 2.05) is 73.9 Å². The molecule has 3 aromatic carbocycles. The maximum atomic E-state index is 5.92. The highest BCUT2D eigenvalue weighted by Gasteiger charge is 2.14. The summed E-state index contributed by atoms with van der Waals surface area (Å²) < 4.78 is 12.8. The topological polar surface area (TPSA) is 91.3 Å². The number of hydrogen-bond donors (Lipinski definition) is 1. The lowest BCUT2D eigenvalue weighted by Gasteiger charge is -2.24. The number of nitrogens with zero attached hydrogens (tertiary/aromatic N) is 5. The smallest absolute Gasteiger partial charge is 0.124 e. The van der Waals surface area contributed by atoms with E-state index < -0.39 is 0 Å². The van der Waals surface area contributed by atoms with Crippen LogP contribution in [0.2, 0.25) is 0 Å². The molecule has 2 N–H and O–H groups in total. The van der Waals surface area contributed by atoms with Crippen molar-refractivity contribution in [1.29, 1.82) is 0 Å². The Hall–Kier alpha value is -5.03. The van der Waals surface area contributed by atoms with Crippen LogP contribution in [0.15, 0.2) is 79.3 Å². The zero-order valence-electron chi connectivity index (χ0n) is 20.8. The molecule has 2 aromatic heterocycles. The van der Waals surface area contributed by atoms with Gasteiger partial charge in [0.15, 0.2) is 0 Å². The van der Waals surface area contributed by atoms with Crippen molar-refractivity contribution >= 4 is 28.1 Å². The summed E-state index contributed by atoms with van der Waals surface area (Å²) in [5.74, 6) is 7.86. The van der Waals surface area contributed by atoms with Crippen LogP contribution in [-0.2, 0) is 7.05 Å². The van der Waals surface area contributed by atoms with Crippen LogP contribution in [0.25, 0.3) is 22.3 Å². The number of anilines is 3.